The maximum atomic E-state index is 14.4. The Morgan fingerprint density at radius 1 is 1.16 bits per heavy atom. The van der Waals surface area contributed by atoms with Gasteiger partial charge in [-0.05, 0) is 30.3 Å². The van der Waals surface area contributed by atoms with E-state index in [1.807, 2.05) is 0 Å². The van der Waals surface area contributed by atoms with Crippen LogP contribution < -0.4 is 4.57 Å². The van der Waals surface area contributed by atoms with Crippen molar-refractivity contribution < 1.29 is 41.6 Å². The molecule has 0 aliphatic carbocycles. The van der Waals surface area contributed by atoms with Crippen molar-refractivity contribution in [3.8, 4) is 11.3 Å². The highest BCUT2D eigenvalue weighted by atomic mass is 19.4. The van der Waals surface area contributed by atoms with Crippen LogP contribution in [0, 0.1) is 5.82 Å². The lowest BCUT2D eigenvalue weighted by Gasteiger charge is -2.45. The largest absolute Gasteiger partial charge is 0.424 e. The normalized spacial score (nSPS) is 23.1. The highest BCUT2D eigenvalue weighted by Crippen LogP contribution is 2.38. The first kappa shape index (κ1) is 24.7. The van der Waals surface area contributed by atoms with Crippen LogP contribution in [0.25, 0.3) is 16.9 Å². The minimum atomic E-state index is -4.81. The average Bonchev–Trinajstić information content (AvgIpc) is 3.36. The summed E-state index contributed by atoms with van der Waals surface area (Å²) in [4.78, 5) is 29.6. The molecule has 2 aromatic heterocycles. The van der Waals surface area contributed by atoms with Gasteiger partial charge in [0.25, 0.3) is 5.91 Å². The number of hydrogen-bond donors (Lipinski definition) is 1. The van der Waals surface area contributed by atoms with E-state index in [1.54, 1.807) is 6.92 Å². The molecule has 2 fully saturated rings. The highest BCUT2D eigenvalue weighted by molar-refractivity contribution is 5.93. The van der Waals surface area contributed by atoms with E-state index in [9.17, 15) is 32.3 Å². The molecule has 2 saturated heterocycles. The summed E-state index contributed by atoms with van der Waals surface area (Å²) in [6, 6.07) is 5.78. The average molecular weight is 534 g/mol. The molecule has 0 saturated carbocycles. The van der Waals surface area contributed by atoms with E-state index in [0.717, 1.165) is 22.7 Å². The van der Waals surface area contributed by atoms with Gasteiger partial charge in [-0.1, -0.05) is 9.61 Å². The van der Waals surface area contributed by atoms with Crippen LogP contribution >= 0.6 is 0 Å². The smallest absolute Gasteiger partial charge is 0.381 e. The number of imidazole rings is 1. The molecule has 9 nitrogen and oxygen atoms in total. The molecule has 0 radical (unpaired) electrons. The number of aliphatic hydroxyl groups is 1. The van der Waals surface area contributed by atoms with E-state index < -0.39 is 40.6 Å². The van der Waals surface area contributed by atoms with Gasteiger partial charge in [0.1, 0.15) is 22.7 Å². The minimum Gasteiger partial charge on any atom is -0.381 e. The van der Waals surface area contributed by atoms with Crippen LogP contribution in [-0.2, 0) is 21.4 Å². The van der Waals surface area contributed by atoms with Crippen molar-refractivity contribution in [3.63, 3.8) is 0 Å². The van der Waals surface area contributed by atoms with E-state index in [2.05, 4.69) is 5.10 Å². The van der Waals surface area contributed by atoms with Crippen LogP contribution in [0.1, 0.15) is 35.8 Å². The van der Waals surface area contributed by atoms with Crippen molar-refractivity contribution in [2.45, 2.75) is 37.2 Å². The number of alkyl halides is 3. The second-order valence-electron chi connectivity index (χ2n) is 10.1. The lowest BCUT2D eigenvalue weighted by molar-refractivity contribution is -0.749. The monoisotopic (exact) mass is 534 g/mol. The predicted octanol–water partition coefficient (Wildman–Crippen LogP) is 1.96. The SMILES string of the molecule is CC12CN(C(=O)C3(O)CCOCC3)CCN1C(=O)c1cn3nc(-c4ccc(F)cc4)cc(C(F)(F)F)c3[n+]12. The maximum Gasteiger partial charge on any atom is 0.424 e. The molecule has 6 rings (SSSR count). The summed E-state index contributed by atoms with van der Waals surface area (Å²) in [6.45, 7) is 2.15. The molecule has 0 bridgehead atoms. The van der Waals surface area contributed by atoms with Crippen molar-refractivity contribution in [2.75, 3.05) is 32.8 Å². The first-order chi connectivity index (χ1) is 17.9. The van der Waals surface area contributed by atoms with Crippen molar-refractivity contribution in [1.29, 1.82) is 0 Å². The van der Waals surface area contributed by atoms with Crippen molar-refractivity contribution in [2.24, 2.45) is 0 Å². The fourth-order valence-corrected chi connectivity index (χ4v) is 5.75. The summed E-state index contributed by atoms with van der Waals surface area (Å²) in [5.74, 6) is -1.55. The van der Waals surface area contributed by atoms with Crippen LogP contribution in [0.15, 0.2) is 36.5 Å². The molecule has 1 aromatic carbocycles. The summed E-state index contributed by atoms with van der Waals surface area (Å²) in [5.41, 5.74) is -4.13. The predicted molar refractivity (Wildman–Crippen MR) is 122 cm³/mol. The zero-order valence-electron chi connectivity index (χ0n) is 20.3. The summed E-state index contributed by atoms with van der Waals surface area (Å²) < 4.78 is 64.3. The molecule has 5 heterocycles. The number of piperazine rings is 1. The maximum absolute atomic E-state index is 14.4. The number of halogens is 4. The third-order valence-electron chi connectivity index (χ3n) is 7.71. The third-order valence-corrected chi connectivity index (χ3v) is 7.71. The van der Waals surface area contributed by atoms with Gasteiger partial charge in [-0.2, -0.15) is 17.7 Å². The Kier molecular flexibility index (Phi) is 5.34. The van der Waals surface area contributed by atoms with E-state index in [-0.39, 0.29) is 68.3 Å². The summed E-state index contributed by atoms with van der Waals surface area (Å²) in [7, 11) is 0. The molecule has 1 unspecified atom stereocenters. The van der Waals surface area contributed by atoms with Crippen molar-refractivity contribution >= 4 is 17.5 Å². The van der Waals surface area contributed by atoms with Gasteiger partial charge in [0, 0.05) is 51.6 Å². The fraction of sp³-hybridized carbons (Fsp3) is 0.440. The molecule has 3 aromatic rings. The Morgan fingerprint density at radius 2 is 1.84 bits per heavy atom. The zero-order valence-corrected chi connectivity index (χ0v) is 20.3. The van der Waals surface area contributed by atoms with Gasteiger partial charge in [0.05, 0.1) is 6.54 Å². The van der Waals surface area contributed by atoms with E-state index in [1.165, 1.54) is 32.7 Å². The Morgan fingerprint density at radius 3 is 2.50 bits per heavy atom. The molecule has 200 valence electrons. The third kappa shape index (κ3) is 3.59. The molecule has 38 heavy (non-hydrogen) atoms. The van der Waals surface area contributed by atoms with Gasteiger partial charge in [-0.3, -0.25) is 14.5 Å². The van der Waals surface area contributed by atoms with Crippen LogP contribution in [0.5, 0.6) is 0 Å². The van der Waals surface area contributed by atoms with Crippen LogP contribution in [0.3, 0.4) is 0 Å². The number of benzene rings is 1. The zero-order chi connectivity index (χ0) is 27.0. The number of nitrogens with zero attached hydrogens (tertiary/aromatic N) is 5. The van der Waals surface area contributed by atoms with Crippen molar-refractivity contribution in [1.82, 2.24) is 19.4 Å². The molecule has 2 amide bonds. The number of aromatic nitrogens is 3. The Labute approximate surface area is 213 Å². The Bertz CT molecular complexity index is 1470. The minimum absolute atomic E-state index is 0.000771. The summed E-state index contributed by atoms with van der Waals surface area (Å²) in [6.07, 6.45) is -3.33. The van der Waals surface area contributed by atoms with E-state index in [0.29, 0.717) is 0 Å². The van der Waals surface area contributed by atoms with Gasteiger partial charge in [-0.25, -0.2) is 4.39 Å². The standard InChI is InChI=1S/C25H24F4N5O4/c1-23-14-31(22(36)24(37)6-10-38-11-7-24)8-9-32(23)21(35)19-13-33-20(34(19)23)17(25(27,28)29)12-18(30-33)15-2-4-16(26)5-3-15/h2-5,12-13,37H,6-11,14H2,1H3/q+1. The van der Waals surface area contributed by atoms with E-state index in [4.69, 9.17) is 4.74 Å². The molecule has 3 aliphatic rings. The van der Waals surface area contributed by atoms with Gasteiger partial charge in [-0.15, -0.1) is 0 Å². The summed E-state index contributed by atoms with van der Waals surface area (Å²) in [5, 5.41) is 15.3. The van der Waals surface area contributed by atoms with Gasteiger partial charge in [0.2, 0.25) is 11.4 Å². The fourth-order valence-electron chi connectivity index (χ4n) is 5.75. The number of hydrogen-bond acceptors (Lipinski definition) is 5. The number of carbonyl (C=O) groups excluding carboxylic acids is 2. The number of rotatable bonds is 2. The van der Waals surface area contributed by atoms with Gasteiger partial charge >= 0.3 is 17.7 Å². The topological polar surface area (TPSA) is 91.3 Å². The number of ether oxygens (including phenoxy) is 1. The van der Waals surface area contributed by atoms with Gasteiger partial charge in [0.15, 0.2) is 6.20 Å². The first-order valence-electron chi connectivity index (χ1n) is 12.2. The molecule has 13 heteroatoms. The lowest BCUT2D eigenvalue weighted by Crippen LogP contribution is -2.70. The van der Waals surface area contributed by atoms with Crippen molar-refractivity contribution in [3.05, 3.63) is 53.6 Å². The first-order valence-corrected chi connectivity index (χ1v) is 12.2. The molecule has 1 atom stereocenters. The Balaban J connectivity index is 1.48. The lowest BCUT2D eigenvalue weighted by atomic mass is 9.91. The molecule has 1 N–H and O–H groups in total. The Hall–Kier alpha value is -3.58. The second-order valence-corrected chi connectivity index (χ2v) is 10.1. The van der Waals surface area contributed by atoms with Gasteiger partial charge < -0.3 is 14.7 Å². The second kappa shape index (κ2) is 8.21. The molecular formula is C25H24F4N5O4+. The quantitative estimate of drug-likeness (QED) is 0.401. The van der Waals surface area contributed by atoms with Crippen LogP contribution in [0.4, 0.5) is 17.6 Å². The van der Waals surface area contributed by atoms with E-state index >= 15 is 0 Å². The number of amides is 2. The number of carbonyl (C=O) groups is 2. The number of fused-ring (bicyclic) bond motifs is 5. The molecule has 0 spiro atoms. The molecular weight excluding hydrogens is 510 g/mol. The summed E-state index contributed by atoms with van der Waals surface area (Å²) >= 11 is 0. The van der Waals surface area contributed by atoms with Crippen LogP contribution in [-0.4, -0.2) is 74.8 Å². The van der Waals surface area contributed by atoms with Crippen LogP contribution in [0.2, 0.25) is 0 Å². The highest BCUT2D eigenvalue weighted by Gasteiger charge is 2.59. The molecule has 3 aliphatic heterocycles.